The number of hydrogen-bond acceptors (Lipinski definition) is 2. The van der Waals surface area contributed by atoms with Crippen molar-refractivity contribution in [2.24, 2.45) is 0 Å². The number of para-hydroxylation sites is 1. The van der Waals surface area contributed by atoms with Crippen LogP contribution in [-0.2, 0) is 15.8 Å². The van der Waals surface area contributed by atoms with E-state index in [1.807, 2.05) is 5.32 Å². The van der Waals surface area contributed by atoms with Gasteiger partial charge < -0.3 is 10.2 Å². The van der Waals surface area contributed by atoms with Crippen LogP contribution in [-0.4, -0.2) is 35.5 Å². The van der Waals surface area contributed by atoms with Crippen molar-refractivity contribution < 1.29 is 35.9 Å². The average molecular weight is 354 g/mol. The number of anilines is 1. The molecule has 10 heteroatoms. The van der Waals surface area contributed by atoms with E-state index in [-0.39, 0.29) is 19.4 Å². The molecule has 4 nitrogen and oxygen atoms in total. The zero-order chi connectivity index (χ0) is 18.1. The number of amides is 2. The lowest BCUT2D eigenvalue weighted by atomic mass is 10.1. The normalized spacial score (nSPS) is 18.6. The summed E-state index contributed by atoms with van der Waals surface area (Å²) in [5.41, 5.74) is -1.69. The highest BCUT2D eigenvalue weighted by Gasteiger charge is 2.47. The van der Waals surface area contributed by atoms with Crippen molar-refractivity contribution in [3.8, 4) is 0 Å². The Bertz CT molecular complexity index is 641. The minimum absolute atomic E-state index is 0.0537. The second-order valence-electron chi connectivity index (χ2n) is 5.19. The van der Waals surface area contributed by atoms with Gasteiger partial charge in [0.05, 0.1) is 11.3 Å². The van der Waals surface area contributed by atoms with Gasteiger partial charge in [-0.05, 0) is 25.0 Å². The van der Waals surface area contributed by atoms with Crippen LogP contribution in [0.2, 0.25) is 0 Å². The molecular formula is C14H12F6N2O2. The Balaban J connectivity index is 2.20. The molecule has 0 saturated carbocycles. The predicted octanol–water partition coefficient (Wildman–Crippen LogP) is 3.20. The first-order valence-electron chi connectivity index (χ1n) is 6.86. The molecule has 0 aromatic heterocycles. The Morgan fingerprint density at radius 3 is 2.29 bits per heavy atom. The maximum Gasteiger partial charge on any atom is 0.471 e. The van der Waals surface area contributed by atoms with Gasteiger partial charge in [0.15, 0.2) is 0 Å². The quantitative estimate of drug-likeness (QED) is 0.830. The number of carbonyl (C=O) groups excluding carboxylic acids is 2. The second-order valence-corrected chi connectivity index (χ2v) is 5.19. The predicted molar refractivity (Wildman–Crippen MR) is 70.9 cm³/mol. The molecule has 0 radical (unpaired) electrons. The van der Waals surface area contributed by atoms with Crippen molar-refractivity contribution >= 4 is 17.5 Å². The molecule has 2 amide bonds. The molecule has 1 aliphatic rings. The maximum absolute atomic E-state index is 12.9. The topological polar surface area (TPSA) is 49.4 Å². The molecule has 0 spiro atoms. The molecule has 1 atom stereocenters. The van der Waals surface area contributed by atoms with E-state index < -0.39 is 41.5 Å². The number of hydrogen-bond donors (Lipinski definition) is 1. The number of nitrogens with zero attached hydrogens (tertiary/aromatic N) is 1. The third-order valence-corrected chi connectivity index (χ3v) is 3.55. The van der Waals surface area contributed by atoms with Gasteiger partial charge in [-0.2, -0.15) is 26.3 Å². The van der Waals surface area contributed by atoms with Crippen molar-refractivity contribution in [1.82, 2.24) is 4.90 Å². The summed E-state index contributed by atoms with van der Waals surface area (Å²) in [4.78, 5) is 23.7. The molecule has 1 fully saturated rings. The maximum atomic E-state index is 12.9. The van der Waals surface area contributed by atoms with E-state index in [0.717, 1.165) is 18.2 Å². The Labute approximate surface area is 132 Å². The molecule has 2 rings (SSSR count). The van der Waals surface area contributed by atoms with Crippen LogP contribution in [0.25, 0.3) is 0 Å². The number of benzene rings is 1. The molecule has 1 aromatic rings. The highest BCUT2D eigenvalue weighted by molar-refractivity contribution is 5.98. The fourth-order valence-electron chi connectivity index (χ4n) is 2.50. The second kappa shape index (κ2) is 6.33. The van der Waals surface area contributed by atoms with E-state index in [1.165, 1.54) is 6.07 Å². The first-order chi connectivity index (χ1) is 11.0. The third kappa shape index (κ3) is 3.80. The van der Waals surface area contributed by atoms with E-state index in [9.17, 15) is 35.9 Å². The van der Waals surface area contributed by atoms with Crippen molar-refractivity contribution in [2.45, 2.75) is 31.2 Å². The molecule has 1 aliphatic heterocycles. The molecule has 1 N–H and O–H groups in total. The zero-order valence-corrected chi connectivity index (χ0v) is 12.0. The largest absolute Gasteiger partial charge is 0.471 e. The zero-order valence-electron chi connectivity index (χ0n) is 12.0. The highest BCUT2D eigenvalue weighted by Crippen LogP contribution is 2.35. The summed E-state index contributed by atoms with van der Waals surface area (Å²) in [6.07, 6.45) is -9.78. The van der Waals surface area contributed by atoms with Crippen LogP contribution in [0.3, 0.4) is 0 Å². The van der Waals surface area contributed by atoms with E-state index in [4.69, 9.17) is 0 Å². The number of halogens is 6. The smallest absolute Gasteiger partial charge is 0.324 e. The highest BCUT2D eigenvalue weighted by atomic mass is 19.4. The van der Waals surface area contributed by atoms with E-state index in [2.05, 4.69) is 0 Å². The standard InChI is InChI=1S/C14H12F6N2O2/c15-13(16,17)8-4-1-2-5-9(8)21-11(23)10-6-3-7-22(10)12(24)14(18,19)20/h1-2,4-5,10H,3,6-7H2,(H,21,23)/t10-/m0/s1. The van der Waals surface area contributed by atoms with Crippen molar-refractivity contribution in [3.05, 3.63) is 29.8 Å². The summed E-state index contributed by atoms with van der Waals surface area (Å²) in [6.45, 7) is -0.280. The summed E-state index contributed by atoms with van der Waals surface area (Å²) in [7, 11) is 0. The van der Waals surface area contributed by atoms with Crippen LogP contribution in [0.1, 0.15) is 18.4 Å². The lowest BCUT2D eigenvalue weighted by molar-refractivity contribution is -0.186. The van der Waals surface area contributed by atoms with Crippen LogP contribution >= 0.6 is 0 Å². The molecule has 1 saturated heterocycles. The molecule has 0 aliphatic carbocycles. The van der Waals surface area contributed by atoms with Gasteiger partial charge in [-0.15, -0.1) is 0 Å². The Morgan fingerprint density at radius 1 is 1.08 bits per heavy atom. The number of alkyl halides is 6. The minimum Gasteiger partial charge on any atom is -0.324 e. The lowest BCUT2D eigenvalue weighted by Gasteiger charge is -2.25. The molecule has 24 heavy (non-hydrogen) atoms. The van der Waals surface area contributed by atoms with Gasteiger partial charge in [0.25, 0.3) is 0 Å². The fraction of sp³-hybridized carbons (Fsp3) is 0.429. The molecule has 0 bridgehead atoms. The summed E-state index contributed by atoms with van der Waals surface area (Å²) >= 11 is 0. The van der Waals surface area contributed by atoms with Crippen molar-refractivity contribution in [3.63, 3.8) is 0 Å². The molecule has 1 aromatic carbocycles. The summed E-state index contributed by atoms with van der Waals surface area (Å²) in [5, 5.41) is 1.98. The van der Waals surface area contributed by atoms with Gasteiger partial charge in [-0.1, -0.05) is 12.1 Å². The van der Waals surface area contributed by atoms with E-state index >= 15 is 0 Å². The van der Waals surface area contributed by atoms with Crippen LogP contribution in [0.15, 0.2) is 24.3 Å². The van der Waals surface area contributed by atoms with Crippen molar-refractivity contribution in [2.75, 3.05) is 11.9 Å². The first-order valence-corrected chi connectivity index (χ1v) is 6.86. The van der Waals surface area contributed by atoms with Gasteiger partial charge in [0.2, 0.25) is 5.91 Å². The summed E-state index contributed by atoms with van der Waals surface area (Å²) < 4.78 is 76.2. The van der Waals surface area contributed by atoms with Crippen molar-refractivity contribution in [1.29, 1.82) is 0 Å². The fourth-order valence-corrected chi connectivity index (χ4v) is 2.50. The first kappa shape index (κ1) is 18.1. The van der Waals surface area contributed by atoms with E-state index in [1.54, 1.807) is 0 Å². The Hall–Kier alpha value is -2.26. The molecule has 0 unspecified atom stereocenters. The number of rotatable bonds is 2. The summed E-state index contributed by atoms with van der Waals surface area (Å²) in [5.74, 6) is -3.26. The molecule has 1 heterocycles. The van der Waals surface area contributed by atoms with Gasteiger partial charge in [0, 0.05) is 6.54 Å². The summed E-state index contributed by atoms with van der Waals surface area (Å²) in [6, 6.07) is 2.64. The average Bonchev–Trinajstić information content (AvgIpc) is 2.94. The number of carbonyl (C=O) groups is 2. The van der Waals surface area contributed by atoms with Gasteiger partial charge in [-0.3, -0.25) is 9.59 Å². The monoisotopic (exact) mass is 354 g/mol. The van der Waals surface area contributed by atoms with Crippen LogP contribution < -0.4 is 5.32 Å². The SMILES string of the molecule is O=C(Nc1ccccc1C(F)(F)F)[C@@H]1CCCN1C(=O)C(F)(F)F. The third-order valence-electron chi connectivity index (χ3n) is 3.55. The van der Waals surface area contributed by atoms with Crippen LogP contribution in [0.4, 0.5) is 32.0 Å². The minimum atomic E-state index is -5.15. The van der Waals surface area contributed by atoms with Gasteiger partial charge in [0.1, 0.15) is 6.04 Å². The van der Waals surface area contributed by atoms with Crippen LogP contribution in [0.5, 0.6) is 0 Å². The lowest BCUT2D eigenvalue weighted by Crippen LogP contribution is -2.48. The van der Waals surface area contributed by atoms with Crippen LogP contribution in [0, 0.1) is 0 Å². The van der Waals surface area contributed by atoms with E-state index in [0.29, 0.717) is 4.90 Å². The van der Waals surface area contributed by atoms with Gasteiger partial charge in [-0.25, -0.2) is 0 Å². The number of nitrogens with one attached hydrogen (secondary N) is 1. The Morgan fingerprint density at radius 2 is 1.71 bits per heavy atom. The molecule has 132 valence electrons. The number of likely N-dealkylation sites (tertiary alicyclic amines) is 1. The Kier molecular flexibility index (Phi) is 4.77. The molecular weight excluding hydrogens is 342 g/mol. The van der Waals surface area contributed by atoms with Gasteiger partial charge >= 0.3 is 18.3 Å².